The molecule has 128 valence electrons. The first-order valence-electron chi connectivity index (χ1n) is 7.91. The highest BCUT2D eigenvalue weighted by Gasteiger charge is 2.30. The Kier molecular flexibility index (Phi) is 10.4. The second-order valence-corrected chi connectivity index (χ2v) is 6.61. The fourth-order valence-corrected chi connectivity index (χ4v) is 3.04. The molecule has 21 heavy (non-hydrogen) atoms. The molecule has 5 nitrogen and oxygen atoms in total. The Bertz CT molecular complexity index is 264. The lowest BCUT2D eigenvalue weighted by atomic mass is 9.92. The number of methoxy groups -OCH3 is 2. The van der Waals surface area contributed by atoms with Crippen LogP contribution in [0.2, 0.25) is 0 Å². The summed E-state index contributed by atoms with van der Waals surface area (Å²) in [6, 6.07) is 0.994. The maximum atomic E-state index is 9.75. The molecule has 0 bridgehead atoms. The standard InChI is InChI=1S/C16H36N2O3/c1-13(2)17-16(5,12-19)10-14(3)18(8-9-20-6)15(4)11-21-7/h13-15,17,19H,8-12H2,1-7H3. The Morgan fingerprint density at radius 1 is 1.10 bits per heavy atom. The molecule has 0 radical (unpaired) electrons. The molecule has 3 atom stereocenters. The number of rotatable bonds is 12. The van der Waals surface area contributed by atoms with E-state index in [-0.39, 0.29) is 12.1 Å². The Morgan fingerprint density at radius 2 is 1.71 bits per heavy atom. The van der Waals surface area contributed by atoms with E-state index in [1.54, 1.807) is 14.2 Å². The van der Waals surface area contributed by atoms with Crippen molar-refractivity contribution in [3.05, 3.63) is 0 Å². The molecule has 3 unspecified atom stereocenters. The van der Waals surface area contributed by atoms with Crippen LogP contribution in [0.1, 0.15) is 41.0 Å². The predicted molar refractivity (Wildman–Crippen MR) is 87.8 cm³/mol. The molecule has 0 saturated heterocycles. The van der Waals surface area contributed by atoms with Crippen LogP contribution in [-0.4, -0.2) is 74.3 Å². The number of hydrogen-bond donors (Lipinski definition) is 2. The summed E-state index contributed by atoms with van der Waals surface area (Å²) in [6.45, 7) is 13.1. The van der Waals surface area contributed by atoms with Crippen molar-refractivity contribution < 1.29 is 14.6 Å². The van der Waals surface area contributed by atoms with E-state index in [4.69, 9.17) is 9.47 Å². The van der Waals surface area contributed by atoms with E-state index in [0.717, 1.165) is 13.0 Å². The van der Waals surface area contributed by atoms with Gasteiger partial charge in [-0.1, -0.05) is 13.8 Å². The minimum Gasteiger partial charge on any atom is -0.394 e. The Morgan fingerprint density at radius 3 is 2.14 bits per heavy atom. The average Bonchev–Trinajstić information content (AvgIpc) is 2.38. The van der Waals surface area contributed by atoms with E-state index >= 15 is 0 Å². The molecule has 0 aromatic rings. The fourth-order valence-electron chi connectivity index (χ4n) is 3.04. The maximum absolute atomic E-state index is 9.75. The summed E-state index contributed by atoms with van der Waals surface area (Å²) in [4.78, 5) is 2.39. The van der Waals surface area contributed by atoms with Gasteiger partial charge in [0.25, 0.3) is 0 Å². The molecule has 0 aliphatic rings. The first-order chi connectivity index (χ1) is 9.79. The van der Waals surface area contributed by atoms with Gasteiger partial charge in [0, 0.05) is 44.4 Å². The summed E-state index contributed by atoms with van der Waals surface area (Å²) < 4.78 is 10.5. The maximum Gasteiger partial charge on any atom is 0.0615 e. The second kappa shape index (κ2) is 10.5. The van der Waals surface area contributed by atoms with Gasteiger partial charge in [-0.15, -0.1) is 0 Å². The van der Waals surface area contributed by atoms with Gasteiger partial charge in [0.05, 0.1) is 19.8 Å². The van der Waals surface area contributed by atoms with Gasteiger partial charge >= 0.3 is 0 Å². The molecule has 2 N–H and O–H groups in total. The van der Waals surface area contributed by atoms with Crippen molar-refractivity contribution in [1.29, 1.82) is 0 Å². The van der Waals surface area contributed by atoms with Gasteiger partial charge in [-0.25, -0.2) is 0 Å². The summed E-state index contributed by atoms with van der Waals surface area (Å²) in [5.74, 6) is 0. The summed E-state index contributed by atoms with van der Waals surface area (Å²) in [7, 11) is 3.45. The molecule has 0 saturated carbocycles. The van der Waals surface area contributed by atoms with E-state index in [1.807, 2.05) is 0 Å². The van der Waals surface area contributed by atoms with Crippen LogP contribution in [-0.2, 0) is 9.47 Å². The molecular formula is C16H36N2O3. The van der Waals surface area contributed by atoms with E-state index in [1.165, 1.54) is 0 Å². The lowest BCUT2D eigenvalue weighted by molar-refractivity contribution is 0.0333. The van der Waals surface area contributed by atoms with E-state index < -0.39 is 0 Å². The zero-order chi connectivity index (χ0) is 16.5. The molecule has 0 spiro atoms. The molecule has 5 heteroatoms. The molecule has 0 rings (SSSR count). The molecule has 0 fully saturated rings. The van der Waals surface area contributed by atoms with Gasteiger partial charge in [-0.3, -0.25) is 4.90 Å². The SMILES string of the molecule is COCCN(C(C)COC)C(C)CC(C)(CO)NC(C)C. The highest BCUT2D eigenvalue weighted by atomic mass is 16.5. The van der Waals surface area contributed by atoms with Crippen LogP contribution in [0.3, 0.4) is 0 Å². The largest absolute Gasteiger partial charge is 0.394 e. The van der Waals surface area contributed by atoms with Gasteiger partial charge < -0.3 is 19.9 Å². The Hall–Kier alpha value is -0.200. The molecule has 0 amide bonds. The zero-order valence-electron chi connectivity index (χ0n) is 15.0. The number of ether oxygens (including phenoxy) is 2. The molecule has 0 heterocycles. The van der Waals surface area contributed by atoms with Crippen LogP contribution in [0.15, 0.2) is 0 Å². The van der Waals surface area contributed by atoms with E-state index in [2.05, 4.69) is 44.8 Å². The van der Waals surface area contributed by atoms with Crippen LogP contribution in [0.4, 0.5) is 0 Å². The van der Waals surface area contributed by atoms with Crippen molar-refractivity contribution in [1.82, 2.24) is 10.2 Å². The fraction of sp³-hybridized carbons (Fsp3) is 1.00. The van der Waals surface area contributed by atoms with Crippen LogP contribution < -0.4 is 5.32 Å². The minimum atomic E-state index is -0.272. The quantitative estimate of drug-likeness (QED) is 0.572. The highest BCUT2D eigenvalue weighted by Crippen LogP contribution is 2.19. The van der Waals surface area contributed by atoms with Crippen molar-refractivity contribution in [2.24, 2.45) is 0 Å². The molecule has 0 aliphatic carbocycles. The van der Waals surface area contributed by atoms with Crippen LogP contribution in [0, 0.1) is 0 Å². The number of nitrogens with zero attached hydrogens (tertiary/aromatic N) is 1. The number of nitrogens with one attached hydrogen (secondary N) is 1. The molecule has 0 aromatic heterocycles. The summed E-state index contributed by atoms with van der Waals surface area (Å²) in [5.41, 5.74) is -0.272. The number of aliphatic hydroxyl groups is 1. The van der Waals surface area contributed by atoms with Crippen molar-refractivity contribution in [2.75, 3.05) is 40.6 Å². The van der Waals surface area contributed by atoms with Crippen molar-refractivity contribution in [3.8, 4) is 0 Å². The smallest absolute Gasteiger partial charge is 0.0615 e. The topological polar surface area (TPSA) is 54.0 Å². The minimum absolute atomic E-state index is 0.131. The lowest BCUT2D eigenvalue weighted by Gasteiger charge is -2.40. The van der Waals surface area contributed by atoms with E-state index in [0.29, 0.717) is 31.3 Å². The normalized spacial score (nSPS) is 18.0. The van der Waals surface area contributed by atoms with Crippen molar-refractivity contribution in [2.45, 2.75) is 64.7 Å². The van der Waals surface area contributed by atoms with Crippen LogP contribution in [0.5, 0.6) is 0 Å². The second-order valence-electron chi connectivity index (χ2n) is 6.61. The van der Waals surface area contributed by atoms with Gasteiger partial charge in [-0.2, -0.15) is 0 Å². The summed E-state index contributed by atoms with van der Waals surface area (Å²) >= 11 is 0. The third kappa shape index (κ3) is 8.12. The van der Waals surface area contributed by atoms with Crippen LogP contribution >= 0.6 is 0 Å². The highest BCUT2D eigenvalue weighted by molar-refractivity contribution is 4.89. The lowest BCUT2D eigenvalue weighted by Crippen LogP contribution is -2.54. The predicted octanol–water partition coefficient (Wildman–Crippen LogP) is 1.50. The van der Waals surface area contributed by atoms with Gasteiger partial charge in [-0.05, 0) is 27.2 Å². The third-order valence-electron chi connectivity index (χ3n) is 3.83. The van der Waals surface area contributed by atoms with E-state index in [9.17, 15) is 5.11 Å². The van der Waals surface area contributed by atoms with Crippen LogP contribution in [0.25, 0.3) is 0 Å². The molecule has 0 aliphatic heterocycles. The molecular weight excluding hydrogens is 268 g/mol. The average molecular weight is 304 g/mol. The third-order valence-corrected chi connectivity index (χ3v) is 3.83. The Balaban J connectivity index is 4.79. The number of aliphatic hydroxyl groups excluding tert-OH is 1. The van der Waals surface area contributed by atoms with Crippen molar-refractivity contribution in [3.63, 3.8) is 0 Å². The van der Waals surface area contributed by atoms with Gasteiger partial charge in [0.2, 0.25) is 0 Å². The molecule has 0 aromatic carbocycles. The number of hydrogen-bond acceptors (Lipinski definition) is 5. The van der Waals surface area contributed by atoms with Gasteiger partial charge in [0.15, 0.2) is 0 Å². The van der Waals surface area contributed by atoms with Gasteiger partial charge in [0.1, 0.15) is 0 Å². The first kappa shape index (κ1) is 20.8. The monoisotopic (exact) mass is 304 g/mol. The van der Waals surface area contributed by atoms with Crippen molar-refractivity contribution >= 4 is 0 Å². The zero-order valence-corrected chi connectivity index (χ0v) is 15.0. The first-order valence-corrected chi connectivity index (χ1v) is 7.91. The summed E-state index contributed by atoms with van der Waals surface area (Å²) in [5, 5.41) is 13.2. The Labute approximate surface area is 131 Å². The summed E-state index contributed by atoms with van der Waals surface area (Å²) in [6.07, 6.45) is 0.874.